The molecule has 1 aromatic rings. The monoisotopic (exact) mass is 286 g/mol. The van der Waals surface area contributed by atoms with E-state index in [9.17, 15) is 8.42 Å². The Balaban J connectivity index is 2.25. The van der Waals surface area contributed by atoms with Gasteiger partial charge in [-0.2, -0.15) is 9.40 Å². The van der Waals surface area contributed by atoms with Crippen molar-refractivity contribution in [1.82, 2.24) is 14.1 Å². The Kier molecular flexibility index (Phi) is 4.15. The maximum Gasteiger partial charge on any atom is 0.248 e. The number of hydrogen-bond acceptors (Lipinski definition) is 4. The predicted octanol–water partition coefficient (Wildman–Crippen LogP) is 1.30. The van der Waals surface area contributed by atoms with E-state index in [1.165, 1.54) is 4.31 Å². The fourth-order valence-electron chi connectivity index (χ4n) is 2.09. The van der Waals surface area contributed by atoms with E-state index in [0.717, 1.165) is 19.3 Å². The molecule has 19 heavy (non-hydrogen) atoms. The van der Waals surface area contributed by atoms with E-state index < -0.39 is 10.0 Å². The van der Waals surface area contributed by atoms with Crippen LogP contribution >= 0.6 is 0 Å². The number of nitrogens with zero attached hydrogens (tertiary/aromatic N) is 3. The molecule has 0 aliphatic heterocycles. The molecule has 0 radical (unpaired) electrons. The Labute approximate surface area is 114 Å². The molecular weight excluding hydrogens is 264 g/mol. The van der Waals surface area contributed by atoms with Gasteiger partial charge >= 0.3 is 0 Å². The molecule has 6 nitrogen and oxygen atoms in total. The highest BCUT2D eigenvalue weighted by Crippen LogP contribution is 2.32. The fraction of sp³-hybridized carbons (Fsp3) is 0.750. The zero-order chi connectivity index (χ0) is 14.0. The van der Waals surface area contributed by atoms with Crippen LogP contribution < -0.4 is 5.73 Å². The van der Waals surface area contributed by atoms with Crippen LogP contribution in [-0.2, 0) is 16.6 Å². The molecule has 0 spiro atoms. The quantitative estimate of drug-likeness (QED) is 0.819. The molecule has 1 aromatic heterocycles. The molecule has 1 fully saturated rings. The Morgan fingerprint density at radius 1 is 1.47 bits per heavy atom. The van der Waals surface area contributed by atoms with Gasteiger partial charge in [0.05, 0.1) is 0 Å². The summed E-state index contributed by atoms with van der Waals surface area (Å²) < 4.78 is 28.2. The zero-order valence-electron chi connectivity index (χ0n) is 11.5. The number of hydrogen-bond donors (Lipinski definition) is 1. The maximum atomic E-state index is 12.6. The van der Waals surface area contributed by atoms with E-state index in [1.54, 1.807) is 10.9 Å². The Morgan fingerprint density at radius 3 is 2.68 bits per heavy atom. The first kappa shape index (κ1) is 14.3. The summed E-state index contributed by atoms with van der Waals surface area (Å²) in [5.41, 5.74) is 5.76. The largest absolute Gasteiger partial charge is 0.381 e. The highest BCUT2D eigenvalue weighted by Gasteiger charge is 2.32. The SMILES string of the molecule is CCCn1cc(S(=O)(=O)N(CC)CC2CC2)c(N)n1. The van der Waals surface area contributed by atoms with Crippen LogP contribution in [-0.4, -0.2) is 35.6 Å². The van der Waals surface area contributed by atoms with Crippen molar-refractivity contribution in [2.24, 2.45) is 5.92 Å². The Hall–Kier alpha value is -1.08. The highest BCUT2D eigenvalue weighted by atomic mass is 32.2. The second-order valence-electron chi connectivity index (χ2n) is 5.04. The standard InChI is InChI=1S/C12H22N4O2S/c1-3-7-15-9-11(12(13)14-15)19(17,18)16(4-2)8-10-5-6-10/h9-10H,3-8H2,1-2H3,(H2,13,14). The van der Waals surface area contributed by atoms with Crippen molar-refractivity contribution in [3.63, 3.8) is 0 Å². The van der Waals surface area contributed by atoms with Gasteiger partial charge in [0.15, 0.2) is 5.82 Å². The number of aryl methyl sites for hydroxylation is 1. The topological polar surface area (TPSA) is 81.2 Å². The van der Waals surface area contributed by atoms with Crippen LogP contribution in [0.25, 0.3) is 0 Å². The number of anilines is 1. The lowest BCUT2D eigenvalue weighted by atomic mass is 10.4. The molecule has 108 valence electrons. The molecule has 0 atom stereocenters. The number of nitrogens with two attached hydrogens (primary N) is 1. The van der Waals surface area contributed by atoms with Crippen LogP contribution in [0.3, 0.4) is 0 Å². The minimum absolute atomic E-state index is 0.0997. The molecular formula is C12H22N4O2S. The van der Waals surface area contributed by atoms with Gasteiger partial charge in [-0.3, -0.25) is 4.68 Å². The molecule has 0 amide bonds. The van der Waals surface area contributed by atoms with E-state index in [0.29, 0.717) is 25.6 Å². The lowest BCUT2D eigenvalue weighted by molar-refractivity contribution is 0.412. The summed E-state index contributed by atoms with van der Waals surface area (Å²) in [7, 11) is -3.51. The van der Waals surface area contributed by atoms with Crippen molar-refractivity contribution < 1.29 is 8.42 Å². The van der Waals surface area contributed by atoms with Crippen molar-refractivity contribution >= 4 is 15.8 Å². The summed E-state index contributed by atoms with van der Waals surface area (Å²) in [6.45, 7) is 5.60. The summed E-state index contributed by atoms with van der Waals surface area (Å²) >= 11 is 0. The van der Waals surface area contributed by atoms with E-state index >= 15 is 0 Å². The zero-order valence-corrected chi connectivity index (χ0v) is 12.4. The fourth-order valence-corrected chi connectivity index (χ4v) is 3.67. The third-order valence-electron chi connectivity index (χ3n) is 3.34. The van der Waals surface area contributed by atoms with Gasteiger partial charge < -0.3 is 5.73 Å². The summed E-state index contributed by atoms with van der Waals surface area (Å²) in [6, 6.07) is 0. The van der Waals surface area contributed by atoms with Crippen molar-refractivity contribution in [3.8, 4) is 0 Å². The van der Waals surface area contributed by atoms with Gasteiger partial charge in [-0.15, -0.1) is 0 Å². The summed E-state index contributed by atoms with van der Waals surface area (Å²) in [6.07, 6.45) is 4.68. The number of aromatic nitrogens is 2. The van der Waals surface area contributed by atoms with Crippen molar-refractivity contribution in [2.45, 2.75) is 44.6 Å². The second kappa shape index (κ2) is 5.50. The Morgan fingerprint density at radius 2 is 2.16 bits per heavy atom. The first-order chi connectivity index (χ1) is 8.98. The van der Waals surface area contributed by atoms with E-state index in [-0.39, 0.29) is 10.7 Å². The minimum atomic E-state index is -3.51. The van der Waals surface area contributed by atoms with Crippen LogP contribution in [0.1, 0.15) is 33.1 Å². The third-order valence-corrected chi connectivity index (χ3v) is 5.29. The smallest absolute Gasteiger partial charge is 0.248 e. The molecule has 0 saturated heterocycles. The number of sulfonamides is 1. The predicted molar refractivity (Wildman–Crippen MR) is 74.1 cm³/mol. The van der Waals surface area contributed by atoms with E-state index in [4.69, 9.17) is 5.73 Å². The van der Waals surface area contributed by atoms with Gasteiger partial charge in [0.1, 0.15) is 4.90 Å². The lowest BCUT2D eigenvalue weighted by Crippen LogP contribution is -2.33. The molecule has 1 saturated carbocycles. The van der Waals surface area contributed by atoms with E-state index in [2.05, 4.69) is 5.10 Å². The molecule has 1 heterocycles. The average molecular weight is 286 g/mol. The molecule has 0 bridgehead atoms. The van der Waals surface area contributed by atoms with Crippen molar-refractivity contribution in [3.05, 3.63) is 6.20 Å². The highest BCUT2D eigenvalue weighted by molar-refractivity contribution is 7.89. The third kappa shape index (κ3) is 3.09. The molecule has 1 aliphatic carbocycles. The average Bonchev–Trinajstić information content (AvgIpc) is 3.09. The van der Waals surface area contributed by atoms with Crippen LogP contribution in [0.4, 0.5) is 5.82 Å². The molecule has 2 N–H and O–H groups in total. The van der Waals surface area contributed by atoms with Gasteiger partial charge in [-0.1, -0.05) is 13.8 Å². The first-order valence-electron chi connectivity index (χ1n) is 6.82. The molecule has 0 aromatic carbocycles. The summed E-state index contributed by atoms with van der Waals surface area (Å²) in [5.74, 6) is 0.615. The number of nitrogen functional groups attached to an aromatic ring is 1. The normalized spacial score (nSPS) is 16.2. The van der Waals surface area contributed by atoms with Gasteiger partial charge in [-0.25, -0.2) is 8.42 Å². The van der Waals surface area contributed by atoms with Crippen LogP contribution in [0.5, 0.6) is 0 Å². The second-order valence-corrected chi connectivity index (χ2v) is 6.95. The van der Waals surface area contributed by atoms with E-state index in [1.807, 2.05) is 13.8 Å². The van der Waals surface area contributed by atoms with Gasteiger partial charge in [-0.05, 0) is 25.2 Å². The van der Waals surface area contributed by atoms with Crippen molar-refractivity contribution in [1.29, 1.82) is 0 Å². The molecule has 1 aliphatic rings. The van der Waals surface area contributed by atoms with Crippen LogP contribution in [0.15, 0.2) is 11.1 Å². The molecule has 7 heteroatoms. The molecule has 2 rings (SSSR count). The maximum absolute atomic E-state index is 12.6. The Bertz CT molecular complexity index is 534. The first-order valence-corrected chi connectivity index (χ1v) is 8.26. The minimum Gasteiger partial charge on any atom is -0.381 e. The lowest BCUT2D eigenvalue weighted by Gasteiger charge is -2.19. The van der Waals surface area contributed by atoms with Crippen LogP contribution in [0, 0.1) is 5.92 Å². The van der Waals surface area contributed by atoms with Gasteiger partial charge in [0.25, 0.3) is 0 Å². The van der Waals surface area contributed by atoms with Gasteiger partial charge in [0.2, 0.25) is 10.0 Å². The van der Waals surface area contributed by atoms with Crippen molar-refractivity contribution in [2.75, 3.05) is 18.8 Å². The van der Waals surface area contributed by atoms with Crippen LogP contribution in [0.2, 0.25) is 0 Å². The molecule has 0 unspecified atom stereocenters. The summed E-state index contributed by atoms with van der Waals surface area (Å²) in [4.78, 5) is 0.142. The number of rotatable bonds is 7. The van der Waals surface area contributed by atoms with Gasteiger partial charge in [0, 0.05) is 25.8 Å². The summed E-state index contributed by atoms with van der Waals surface area (Å²) in [5, 5.41) is 4.07.